The Kier molecular flexibility index (Phi) is 4.98. The molecule has 0 bridgehead atoms. The lowest BCUT2D eigenvalue weighted by atomic mass is 10.3. The quantitative estimate of drug-likeness (QED) is 0.875. The van der Waals surface area contributed by atoms with E-state index in [2.05, 4.69) is 15.5 Å². The van der Waals surface area contributed by atoms with Gasteiger partial charge < -0.3 is 19.2 Å². The summed E-state index contributed by atoms with van der Waals surface area (Å²) in [5.74, 6) is 0.471. The van der Waals surface area contributed by atoms with E-state index in [4.69, 9.17) is 16.3 Å². The number of nitrogens with one attached hydrogen (secondary N) is 1. The zero-order valence-electron chi connectivity index (χ0n) is 12.2. The standard InChI is InChI=1S/C13H18ClN5O2/c1-9(12-17-15-8-19(12)4-5-21-3)16-13(20)11-6-10(14)7-18(11)2/h6-9H,4-5H2,1-3H3,(H,16,20)/t9-/m1/s1. The van der Waals surface area contributed by atoms with Crippen molar-refractivity contribution in [2.45, 2.75) is 19.5 Å². The number of aryl methyl sites for hydroxylation is 1. The van der Waals surface area contributed by atoms with Gasteiger partial charge in [-0.2, -0.15) is 0 Å². The summed E-state index contributed by atoms with van der Waals surface area (Å²) in [5, 5.41) is 11.3. The SMILES string of the molecule is COCCn1cnnc1[C@@H](C)NC(=O)c1cc(Cl)cn1C. The molecule has 7 nitrogen and oxygen atoms in total. The molecule has 0 saturated heterocycles. The van der Waals surface area contributed by atoms with E-state index < -0.39 is 0 Å². The van der Waals surface area contributed by atoms with Gasteiger partial charge in [-0.3, -0.25) is 4.79 Å². The highest BCUT2D eigenvalue weighted by atomic mass is 35.5. The molecule has 0 fully saturated rings. The number of nitrogens with zero attached hydrogens (tertiary/aromatic N) is 4. The first-order valence-corrected chi connectivity index (χ1v) is 6.90. The number of ether oxygens (including phenoxy) is 1. The Labute approximate surface area is 127 Å². The van der Waals surface area contributed by atoms with Gasteiger partial charge in [0.2, 0.25) is 0 Å². The van der Waals surface area contributed by atoms with Crippen LogP contribution in [0.1, 0.15) is 29.3 Å². The largest absolute Gasteiger partial charge is 0.383 e. The zero-order valence-corrected chi connectivity index (χ0v) is 13.0. The Morgan fingerprint density at radius 3 is 2.95 bits per heavy atom. The molecule has 0 aliphatic rings. The number of aromatic nitrogens is 4. The third-order valence-electron chi connectivity index (χ3n) is 3.12. The van der Waals surface area contributed by atoms with E-state index in [1.54, 1.807) is 37.3 Å². The van der Waals surface area contributed by atoms with Crippen LogP contribution in [-0.2, 0) is 18.3 Å². The van der Waals surface area contributed by atoms with Gasteiger partial charge in [0.05, 0.1) is 17.7 Å². The van der Waals surface area contributed by atoms with Crippen molar-refractivity contribution in [3.8, 4) is 0 Å². The van der Waals surface area contributed by atoms with Gasteiger partial charge in [-0.1, -0.05) is 11.6 Å². The van der Waals surface area contributed by atoms with E-state index in [1.165, 1.54) is 0 Å². The van der Waals surface area contributed by atoms with Crippen LogP contribution in [0.25, 0.3) is 0 Å². The molecule has 1 atom stereocenters. The molecule has 0 aliphatic carbocycles. The van der Waals surface area contributed by atoms with Gasteiger partial charge in [0.1, 0.15) is 12.0 Å². The van der Waals surface area contributed by atoms with E-state index in [0.717, 1.165) is 0 Å². The smallest absolute Gasteiger partial charge is 0.268 e. The summed E-state index contributed by atoms with van der Waals surface area (Å²) in [6.45, 7) is 3.05. The fourth-order valence-electron chi connectivity index (χ4n) is 2.05. The normalized spacial score (nSPS) is 12.4. The molecule has 2 aromatic heterocycles. The van der Waals surface area contributed by atoms with E-state index >= 15 is 0 Å². The first kappa shape index (κ1) is 15.5. The summed E-state index contributed by atoms with van der Waals surface area (Å²) in [7, 11) is 3.40. The summed E-state index contributed by atoms with van der Waals surface area (Å²) in [4.78, 5) is 12.2. The molecule has 114 valence electrons. The van der Waals surface area contributed by atoms with E-state index in [9.17, 15) is 4.79 Å². The molecule has 21 heavy (non-hydrogen) atoms. The second kappa shape index (κ2) is 6.73. The van der Waals surface area contributed by atoms with Gasteiger partial charge in [0.25, 0.3) is 5.91 Å². The van der Waals surface area contributed by atoms with E-state index in [1.807, 2.05) is 11.5 Å². The summed E-state index contributed by atoms with van der Waals surface area (Å²) in [6, 6.07) is 1.35. The maximum absolute atomic E-state index is 12.2. The monoisotopic (exact) mass is 311 g/mol. The first-order valence-electron chi connectivity index (χ1n) is 6.52. The lowest BCUT2D eigenvalue weighted by molar-refractivity contribution is 0.0929. The van der Waals surface area contributed by atoms with Gasteiger partial charge in [-0.05, 0) is 13.0 Å². The lowest BCUT2D eigenvalue weighted by Crippen LogP contribution is -2.30. The van der Waals surface area contributed by atoms with Crippen molar-refractivity contribution >= 4 is 17.5 Å². The predicted molar refractivity (Wildman–Crippen MR) is 78.2 cm³/mol. The maximum Gasteiger partial charge on any atom is 0.268 e. The van der Waals surface area contributed by atoms with Gasteiger partial charge in [-0.25, -0.2) is 0 Å². The molecule has 8 heteroatoms. The van der Waals surface area contributed by atoms with Crippen LogP contribution in [0, 0.1) is 0 Å². The highest BCUT2D eigenvalue weighted by molar-refractivity contribution is 6.31. The molecule has 0 spiro atoms. The van der Waals surface area contributed by atoms with Gasteiger partial charge in [-0.15, -0.1) is 10.2 Å². The van der Waals surface area contributed by atoms with Crippen LogP contribution in [0.2, 0.25) is 5.02 Å². The minimum atomic E-state index is -0.273. The topological polar surface area (TPSA) is 74.0 Å². The van der Waals surface area contributed by atoms with Crippen molar-refractivity contribution in [2.24, 2.45) is 7.05 Å². The minimum Gasteiger partial charge on any atom is -0.383 e. The predicted octanol–water partition coefficient (Wildman–Crippen LogP) is 1.41. The van der Waals surface area contributed by atoms with Crippen LogP contribution in [0.15, 0.2) is 18.6 Å². The Balaban J connectivity index is 2.07. The highest BCUT2D eigenvalue weighted by Gasteiger charge is 2.18. The van der Waals surface area contributed by atoms with Gasteiger partial charge >= 0.3 is 0 Å². The Morgan fingerprint density at radius 1 is 1.57 bits per heavy atom. The van der Waals surface area contributed by atoms with Crippen molar-refractivity contribution < 1.29 is 9.53 Å². The van der Waals surface area contributed by atoms with Crippen LogP contribution in [0.3, 0.4) is 0 Å². The fourth-order valence-corrected chi connectivity index (χ4v) is 2.30. The number of carbonyl (C=O) groups excluding carboxylic acids is 1. The maximum atomic E-state index is 12.2. The van der Waals surface area contributed by atoms with Crippen LogP contribution in [0.4, 0.5) is 0 Å². The molecular weight excluding hydrogens is 294 g/mol. The van der Waals surface area contributed by atoms with Crippen LogP contribution < -0.4 is 5.32 Å². The molecule has 1 N–H and O–H groups in total. The second-order valence-corrected chi connectivity index (χ2v) is 5.16. The molecule has 2 aromatic rings. The average Bonchev–Trinajstić information content (AvgIpc) is 3.02. The number of carbonyl (C=O) groups is 1. The van der Waals surface area contributed by atoms with E-state index in [0.29, 0.717) is 29.7 Å². The lowest BCUT2D eigenvalue weighted by Gasteiger charge is -2.15. The molecule has 0 radical (unpaired) electrons. The zero-order chi connectivity index (χ0) is 15.4. The number of methoxy groups -OCH3 is 1. The van der Waals surface area contributed by atoms with Gasteiger partial charge in [0.15, 0.2) is 5.82 Å². The minimum absolute atomic E-state index is 0.210. The number of amides is 1. The van der Waals surface area contributed by atoms with Crippen LogP contribution in [0.5, 0.6) is 0 Å². The van der Waals surface area contributed by atoms with Crippen molar-refractivity contribution in [1.29, 1.82) is 0 Å². The van der Waals surface area contributed by atoms with Crippen LogP contribution in [-0.4, -0.2) is 39.0 Å². The van der Waals surface area contributed by atoms with E-state index in [-0.39, 0.29) is 11.9 Å². The molecule has 0 unspecified atom stereocenters. The third-order valence-corrected chi connectivity index (χ3v) is 3.33. The van der Waals surface area contributed by atoms with Crippen molar-refractivity contribution in [3.05, 3.63) is 35.1 Å². The first-order chi connectivity index (χ1) is 10.0. The van der Waals surface area contributed by atoms with Crippen molar-refractivity contribution in [1.82, 2.24) is 24.6 Å². The molecule has 0 aromatic carbocycles. The molecule has 0 aliphatic heterocycles. The molecule has 1 amide bonds. The molecule has 0 saturated carbocycles. The van der Waals surface area contributed by atoms with Gasteiger partial charge in [0, 0.05) is 26.9 Å². The average molecular weight is 312 g/mol. The second-order valence-electron chi connectivity index (χ2n) is 4.72. The number of halogens is 1. The van der Waals surface area contributed by atoms with Crippen molar-refractivity contribution in [3.63, 3.8) is 0 Å². The highest BCUT2D eigenvalue weighted by Crippen LogP contribution is 2.15. The number of hydrogen-bond acceptors (Lipinski definition) is 4. The summed E-state index contributed by atoms with van der Waals surface area (Å²) >= 11 is 5.89. The molecular formula is C13H18ClN5O2. The summed E-state index contributed by atoms with van der Waals surface area (Å²) in [6.07, 6.45) is 3.30. The fraction of sp³-hybridized carbons (Fsp3) is 0.462. The molecule has 2 rings (SSSR count). The summed E-state index contributed by atoms with van der Waals surface area (Å²) in [5.41, 5.74) is 0.495. The summed E-state index contributed by atoms with van der Waals surface area (Å²) < 4.78 is 8.57. The third kappa shape index (κ3) is 3.62. The Bertz CT molecular complexity index is 622. The number of hydrogen-bond donors (Lipinski definition) is 1. The number of rotatable bonds is 6. The van der Waals surface area contributed by atoms with Crippen molar-refractivity contribution in [2.75, 3.05) is 13.7 Å². The molecule has 2 heterocycles. The Hall–Kier alpha value is -1.86. The van der Waals surface area contributed by atoms with Crippen LogP contribution >= 0.6 is 11.6 Å². The Morgan fingerprint density at radius 2 is 2.33 bits per heavy atom.